The molecule has 35 heavy (non-hydrogen) atoms. The highest BCUT2D eigenvalue weighted by Crippen LogP contribution is 2.32. The van der Waals surface area contributed by atoms with Crippen molar-refractivity contribution < 1.29 is 9.53 Å². The third-order valence-corrected chi connectivity index (χ3v) is 6.16. The van der Waals surface area contributed by atoms with Gasteiger partial charge < -0.3 is 25.3 Å². The number of hydrogen-bond donors (Lipinski definition) is 3. The molecule has 3 N–H and O–H groups in total. The van der Waals surface area contributed by atoms with Gasteiger partial charge in [0.2, 0.25) is 0 Å². The summed E-state index contributed by atoms with van der Waals surface area (Å²) in [6.07, 6.45) is 8.25. The second-order valence-corrected chi connectivity index (χ2v) is 8.85. The van der Waals surface area contributed by atoms with Gasteiger partial charge in [0.15, 0.2) is 18.1 Å². The van der Waals surface area contributed by atoms with E-state index in [1.54, 1.807) is 18.3 Å². The smallest absolute Gasteiger partial charge is 0.263 e. The molecule has 3 aromatic heterocycles. The van der Waals surface area contributed by atoms with Crippen molar-refractivity contribution in [2.24, 2.45) is 0 Å². The van der Waals surface area contributed by atoms with E-state index in [0.717, 1.165) is 42.7 Å². The van der Waals surface area contributed by atoms with Crippen LogP contribution in [0, 0.1) is 0 Å². The van der Waals surface area contributed by atoms with Crippen LogP contribution in [0.3, 0.4) is 0 Å². The summed E-state index contributed by atoms with van der Waals surface area (Å²) in [5.41, 5.74) is 3.08. The van der Waals surface area contributed by atoms with Gasteiger partial charge in [0, 0.05) is 24.0 Å². The number of piperidine rings is 1. The van der Waals surface area contributed by atoms with Crippen LogP contribution in [0.1, 0.15) is 12.8 Å². The molecule has 10 nitrogen and oxygen atoms in total. The van der Waals surface area contributed by atoms with Crippen molar-refractivity contribution in [1.82, 2.24) is 29.8 Å². The average molecular weight is 493 g/mol. The minimum Gasteiger partial charge on any atom is -0.484 e. The zero-order valence-corrected chi connectivity index (χ0v) is 19.9. The molecular formula is C24H25ClN8O2. The van der Waals surface area contributed by atoms with Gasteiger partial charge in [-0.3, -0.25) is 9.78 Å². The fourth-order valence-electron chi connectivity index (χ4n) is 3.97. The lowest BCUT2D eigenvalue weighted by Crippen LogP contribution is -2.36. The average Bonchev–Trinajstić information content (AvgIpc) is 3.31. The monoisotopic (exact) mass is 492 g/mol. The number of ether oxygens (including phenoxy) is 1. The number of aromatic nitrogens is 5. The second-order valence-electron chi connectivity index (χ2n) is 8.44. The van der Waals surface area contributed by atoms with Gasteiger partial charge in [-0.1, -0.05) is 11.6 Å². The Hall–Kier alpha value is -3.76. The minimum absolute atomic E-state index is 0.144. The number of imidazole rings is 1. The number of halogens is 1. The predicted octanol–water partition coefficient (Wildman–Crippen LogP) is 3.59. The van der Waals surface area contributed by atoms with E-state index in [0.29, 0.717) is 34.1 Å². The van der Waals surface area contributed by atoms with E-state index < -0.39 is 0 Å². The highest BCUT2D eigenvalue weighted by molar-refractivity contribution is 6.34. The second kappa shape index (κ2) is 10.2. The molecule has 0 saturated carbocycles. The largest absolute Gasteiger partial charge is 0.484 e. The number of amides is 1. The molecule has 0 unspecified atom stereocenters. The quantitative estimate of drug-likeness (QED) is 0.358. The number of nitrogens with zero attached hydrogens (tertiary/aromatic N) is 5. The summed E-state index contributed by atoms with van der Waals surface area (Å²) in [6, 6.07) is 7.68. The van der Waals surface area contributed by atoms with E-state index in [-0.39, 0.29) is 12.5 Å². The summed E-state index contributed by atoms with van der Waals surface area (Å²) < 4.78 is 5.58. The number of hydrogen-bond acceptors (Lipinski definition) is 8. The lowest BCUT2D eigenvalue weighted by molar-refractivity contribution is -0.118. The van der Waals surface area contributed by atoms with E-state index in [4.69, 9.17) is 16.3 Å². The standard InChI is InChI=1S/C24H25ClN8O2/c1-33-10-6-16(7-11-33)29-21-18(25)12-28-24-22(21)31-23(32-24)15-2-4-17(5-3-15)35-14-20(34)30-19-13-26-8-9-27-19/h2-5,8-9,12-13,16H,6-7,10-11,14H2,1H3,(H,27,30,34)(H2,28,29,31,32). The SMILES string of the molecule is CN1CCC(Nc2c(Cl)cnc3nc(-c4ccc(OCC(=O)Nc5cnccn5)cc4)[nH]c23)CC1. The van der Waals surface area contributed by atoms with Crippen molar-refractivity contribution in [3.63, 3.8) is 0 Å². The molecule has 4 heterocycles. The number of benzene rings is 1. The van der Waals surface area contributed by atoms with Gasteiger partial charge in [0.1, 0.15) is 17.1 Å². The topological polar surface area (TPSA) is 121 Å². The van der Waals surface area contributed by atoms with Crippen LogP contribution in [-0.2, 0) is 4.79 Å². The maximum atomic E-state index is 12.0. The summed E-state index contributed by atoms with van der Waals surface area (Å²) in [6.45, 7) is 1.96. The number of likely N-dealkylation sites (tertiary alicyclic amines) is 1. The van der Waals surface area contributed by atoms with Gasteiger partial charge in [-0.15, -0.1) is 0 Å². The first kappa shape index (κ1) is 23.0. The molecule has 1 aliphatic heterocycles. The van der Waals surface area contributed by atoms with Gasteiger partial charge in [-0.25, -0.2) is 15.0 Å². The first-order valence-electron chi connectivity index (χ1n) is 11.3. The van der Waals surface area contributed by atoms with Gasteiger partial charge >= 0.3 is 0 Å². The molecule has 0 bridgehead atoms. The Morgan fingerprint density at radius 2 is 1.97 bits per heavy atom. The summed E-state index contributed by atoms with van der Waals surface area (Å²) >= 11 is 6.50. The molecule has 0 spiro atoms. The van der Waals surface area contributed by atoms with Crippen LogP contribution in [0.15, 0.2) is 49.1 Å². The van der Waals surface area contributed by atoms with Crippen molar-refractivity contribution >= 4 is 40.2 Å². The Labute approximate surface area is 207 Å². The van der Waals surface area contributed by atoms with Gasteiger partial charge in [0.05, 0.1) is 23.1 Å². The lowest BCUT2D eigenvalue weighted by atomic mass is 10.1. The highest BCUT2D eigenvalue weighted by atomic mass is 35.5. The number of carbonyl (C=O) groups is 1. The minimum atomic E-state index is -0.320. The van der Waals surface area contributed by atoms with Crippen molar-refractivity contribution in [3.8, 4) is 17.1 Å². The molecule has 180 valence electrons. The molecule has 1 aromatic carbocycles. The van der Waals surface area contributed by atoms with Crippen LogP contribution in [0.4, 0.5) is 11.5 Å². The maximum absolute atomic E-state index is 12.0. The van der Waals surface area contributed by atoms with Crippen LogP contribution in [0.2, 0.25) is 5.02 Å². The zero-order chi connectivity index (χ0) is 24.2. The molecule has 5 rings (SSSR count). The van der Waals surface area contributed by atoms with Crippen LogP contribution in [0.5, 0.6) is 5.75 Å². The lowest BCUT2D eigenvalue weighted by Gasteiger charge is -2.30. The molecule has 0 radical (unpaired) electrons. The van der Waals surface area contributed by atoms with Gasteiger partial charge in [0.25, 0.3) is 5.91 Å². The number of anilines is 2. The van der Waals surface area contributed by atoms with E-state index >= 15 is 0 Å². The maximum Gasteiger partial charge on any atom is 0.263 e. The number of carbonyl (C=O) groups excluding carboxylic acids is 1. The van der Waals surface area contributed by atoms with E-state index in [1.165, 1.54) is 18.6 Å². The molecule has 11 heteroatoms. The fraction of sp³-hybridized carbons (Fsp3) is 0.292. The van der Waals surface area contributed by atoms with Crippen molar-refractivity contribution in [1.29, 1.82) is 0 Å². The first-order chi connectivity index (χ1) is 17.0. The number of H-pyrrole nitrogens is 1. The van der Waals surface area contributed by atoms with E-state index in [9.17, 15) is 4.79 Å². The van der Waals surface area contributed by atoms with Gasteiger partial charge in [-0.2, -0.15) is 0 Å². The van der Waals surface area contributed by atoms with Gasteiger partial charge in [-0.05, 0) is 57.2 Å². The number of rotatable bonds is 7. The number of fused-ring (bicyclic) bond motifs is 1. The number of pyridine rings is 1. The van der Waals surface area contributed by atoms with Crippen molar-refractivity contribution in [3.05, 3.63) is 54.1 Å². The number of nitrogens with one attached hydrogen (secondary N) is 3. The predicted molar refractivity (Wildman–Crippen MR) is 135 cm³/mol. The Morgan fingerprint density at radius 1 is 1.17 bits per heavy atom. The third kappa shape index (κ3) is 5.50. The summed E-state index contributed by atoms with van der Waals surface area (Å²) in [5.74, 6) is 1.29. The number of aromatic amines is 1. The molecular weight excluding hydrogens is 468 g/mol. The Bertz CT molecular complexity index is 1300. The Kier molecular flexibility index (Phi) is 6.73. The Morgan fingerprint density at radius 3 is 2.71 bits per heavy atom. The molecule has 1 fully saturated rings. The molecule has 4 aromatic rings. The van der Waals surface area contributed by atoms with E-state index in [1.807, 2.05) is 12.1 Å². The van der Waals surface area contributed by atoms with E-state index in [2.05, 4.69) is 47.5 Å². The molecule has 1 aliphatic rings. The third-order valence-electron chi connectivity index (χ3n) is 5.87. The normalized spacial score (nSPS) is 14.7. The first-order valence-corrected chi connectivity index (χ1v) is 11.7. The molecule has 0 aliphatic carbocycles. The summed E-state index contributed by atoms with van der Waals surface area (Å²) in [4.78, 5) is 34.7. The van der Waals surface area contributed by atoms with Crippen LogP contribution in [0.25, 0.3) is 22.6 Å². The van der Waals surface area contributed by atoms with Crippen LogP contribution >= 0.6 is 11.6 Å². The molecule has 1 amide bonds. The fourth-order valence-corrected chi connectivity index (χ4v) is 4.17. The zero-order valence-electron chi connectivity index (χ0n) is 19.2. The summed E-state index contributed by atoms with van der Waals surface area (Å²) in [5, 5.41) is 6.79. The molecule has 0 atom stereocenters. The van der Waals surface area contributed by atoms with Crippen LogP contribution in [-0.4, -0.2) is 68.5 Å². The molecule has 1 saturated heterocycles. The highest BCUT2D eigenvalue weighted by Gasteiger charge is 2.20. The van der Waals surface area contributed by atoms with Crippen LogP contribution < -0.4 is 15.4 Å². The van der Waals surface area contributed by atoms with Crippen molar-refractivity contribution in [2.75, 3.05) is 37.4 Å². The van der Waals surface area contributed by atoms with Crippen molar-refractivity contribution in [2.45, 2.75) is 18.9 Å². The summed E-state index contributed by atoms with van der Waals surface area (Å²) in [7, 11) is 2.14. The Balaban J connectivity index is 1.26.